The van der Waals surface area contributed by atoms with Crippen molar-refractivity contribution in [2.75, 3.05) is 12.0 Å². The van der Waals surface area contributed by atoms with Crippen LogP contribution in [-0.4, -0.2) is 32.4 Å². The molecule has 0 bridgehead atoms. The first-order valence-corrected chi connectivity index (χ1v) is 9.12. The summed E-state index contributed by atoms with van der Waals surface area (Å²) in [6.45, 7) is 6.73. The lowest BCUT2D eigenvalue weighted by Gasteiger charge is -2.39. The Labute approximate surface area is 117 Å². The van der Waals surface area contributed by atoms with E-state index >= 15 is 0 Å². The molecule has 1 fully saturated rings. The standard InChI is InChI=1S/C14H27NO3S/c1-11-10-14(2,3)8-7-12(11)15-13(16)6-5-9-19(4,17)18/h11-12H,5-10H2,1-4H3,(H,15,16)/t11-,12+/m0/s1. The molecule has 4 nitrogen and oxygen atoms in total. The van der Waals surface area contributed by atoms with Gasteiger partial charge in [0.2, 0.25) is 5.91 Å². The molecule has 1 N–H and O–H groups in total. The lowest BCUT2D eigenvalue weighted by Crippen LogP contribution is -2.44. The van der Waals surface area contributed by atoms with Crippen molar-refractivity contribution < 1.29 is 13.2 Å². The molecular weight excluding hydrogens is 262 g/mol. The number of carbonyl (C=O) groups excluding carboxylic acids is 1. The molecule has 1 aliphatic rings. The third-order valence-electron chi connectivity index (χ3n) is 3.96. The van der Waals surface area contributed by atoms with Crippen LogP contribution in [0.25, 0.3) is 0 Å². The summed E-state index contributed by atoms with van der Waals surface area (Å²) in [5.41, 5.74) is 0.372. The summed E-state index contributed by atoms with van der Waals surface area (Å²) < 4.78 is 22.0. The molecule has 1 amide bonds. The fraction of sp³-hybridized carbons (Fsp3) is 0.929. The second-order valence-electron chi connectivity index (χ2n) is 6.79. The number of hydrogen-bond acceptors (Lipinski definition) is 3. The second-order valence-corrected chi connectivity index (χ2v) is 9.05. The van der Waals surface area contributed by atoms with Crippen molar-refractivity contribution in [1.82, 2.24) is 5.32 Å². The first-order chi connectivity index (χ1) is 8.59. The van der Waals surface area contributed by atoms with E-state index in [2.05, 4.69) is 26.1 Å². The maximum absolute atomic E-state index is 11.8. The predicted molar refractivity (Wildman–Crippen MR) is 77.7 cm³/mol. The molecule has 0 radical (unpaired) electrons. The van der Waals surface area contributed by atoms with E-state index in [-0.39, 0.29) is 17.7 Å². The van der Waals surface area contributed by atoms with Gasteiger partial charge in [0, 0.05) is 18.7 Å². The van der Waals surface area contributed by atoms with Crippen LogP contribution in [0.4, 0.5) is 0 Å². The van der Waals surface area contributed by atoms with Gasteiger partial charge >= 0.3 is 0 Å². The summed E-state index contributed by atoms with van der Waals surface area (Å²) in [5.74, 6) is 0.566. The summed E-state index contributed by atoms with van der Waals surface area (Å²) in [7, 11) is -2.96. The van der Waals surface area contributed by atoms with Gasteiger partial charge in [-0.15, -0.1) is 0 Å². The van der Waals surface area contributed by atoms with Crippen molar-refractivity contribution in [3.63, 3.8) is 0 Å². The monoisotopic (exact) mass is 289 g/mol. The van der Waals surface area contributed by atoms with Gasteiger partial charge in [-0.2, -0.15) is 0 Å². The summed E-state index contributed by atoms with van der Waals surface area (Å²) in [5, 5.41) is 3.06. The largest absolute Gasteiger partial charge is 0.353 e. The molecular formula is C14H27NO3S. The van der Waals surface area contributed by atoms with Gasteiger partial charge in [-0.3, -0.25) is 4.79 Å². The normalized spacial score (nSPS) is 26.9. The van der Waals surface area contributed by atoms with Crippen molar-refractivity contribution in [3.05, 3.63) is 0 Å². The van der Waals surface area contributed by atoms with Crippen LogP contribution in [0.5, 0.6) is 0 Å². The highest BCUT2D eigenvalue weighted by Gasteiger charge is 2.32. The van der Waals surface area contributed by atoms with Crippen LogP contribution in [0.3, 0.4) is 0 Å². The Morgan fingerprint density at radius 3 is 2.53 bits per heavy atom. The number of rotatable bonds is 5. The smallest absolute Gasteiger partial charge is 0.220 e. The average molecular weight is 289 g/mol. The van der Waals surface area contributed by atoms with E-state index in [0.29, 0.717) is 24.2 Å². The Balaban J connectivity index is 2.33. The van der Waals surface area contributed by atoms with Crippen molar-refractivity contribution >= 4 is 15.7 Å². The minimum Gasteiger partial charge on any atom is -0.353 e. The van der Waals surface area contributed by atoms with E-state index in [0.717, 1.165) is 19.3 Å². The van der Waals surface area contributed by atoms with Crippen LogP contribution >= 0.6 is 0 Å². The van der Waals surface area contributed by atoms with Crippen molar-refractivity contribution in [2.24, 2.45) is 11.3 Å². The fourth-order valence-electron chi connectivity index (χ4n) is 2.93. The van der Waals surface area contributed by atoms with Gasteiger partial charge in [0.25, 0.3) is 0 Å². The van der Waals surface area contributed by atoms with E-state index in [1.807, 2.05) is 0 Å². The van der Waals surface area contributed by atoms with Gasteiger partial charge in [0.1, 0.15) is 9.84 Å². The first kappa shape index (κ1) is 16.5. The van der Waals surface area contributed by atoms with Gasteiger partial charge < -0.3 is 5.32 Å². The number of amides is 1. The van der Waals surface area contributed by atoms with Gasteiger partial charge in [0.15, 0.2) is 0 Å². The Bertz CT molecular complexity index is 414. The van der Waals surface area contributed by atoms with Gasteiger partial charge in [-0.25, -0.2) is 8.42 Å². The summed E-state index contributed by atoms with van der Waals surface area (Å²) in [4.78, 5) is 11.8. The maximum Gasteiger partial charge on any atom is 0.220 e. The summed E-state index contributed by atoms with van der Waals surface area (Å²) in [6.07, 6.45) is 5.20. The molecule has 0 unspecified atom stereocenters. The van der Waals surface area contributed by atoms with Gasteiger partial charge in [-0.1, -0.05) is 20.8 Å². The fourth-order valence-corrected chi connectivity index (χ4v) is 3.60. The Hall–Kier alpha value is -0.580. The van der Waals surface area contributed by atoms with Gasteiger partial charge in [0.05, 0.1) is 5.75 Å². The highest BCUT2D eigenvalue weighted by molar-refractivity contribution is 7.90. The molecule has 2 atom stereocenters. The molecule has 19 heavy (non-hydrogen) atoms. The van der Waals surface area contributed by atoms with Crippen molar-refractivity contribution in [2.45, 2.75) is 58.9 Å². The van der Waals surface area contributed by atoms with E-state index in [9.17, 15) is 13.2 Å². The molecule has 0 aromatic rings. The molecule has 0 heterocycles. The third kappa shape index (κ3) is 6.41. The predicted octanol–water partition coefficient (Wildman–Crippen LogP) is 2.14. The summed E-state index contributed by atoms with van der Waals surface area (Å²) in [6, 6.07) is 0.249. The quantitative estimate of drug-likeness (QED) is 0.843. The Morgan fingerprint density at radius 2 is 2.00 bits per heavy atom. The molecule has 0 saturated heterocycles. The van der Waals surface area contributed by atoms with E-state index in [1.165, 1.54) is 6.26 Å². The highest BCUT2D eigenvalue weighted by Crippen LogP contribution is 2.38. The molecule has 0 aromatic carbocycles. The van der Waals surface area contributed by atoms with Crippen LogP contribution in [0.1, 0.15) is 52.9 Å². The highest BCUT2D eigenvalue weighted by atomic mass is 32.2. The van der Waals surface area contributed by atoms with Crippen LogP contribution in [0, 0.1) is 11.3 Å². The van der Waals surface area contributed by atoms with E-state index in [1.54, 1.807) is 0 Å². The molecule has 5 heteroatoms. The molecule has 1 saturated carbocycles. The van der Waals surface area contributed by atoms with Crippen LogP contribution in [0.2, 0.25) is 0 Å². The SMILES string of the molecule is C[C@H]1CC(C)(C)CC[C@H]1NC(=O)CCCS(C)(=O)=O. The van der Waals surface area contributed by atoms with Crippen LogP contribution in [-0.2, 0) is 14.6 Å². The number of carbonyl (C=O) groups is 1. The Morgan fingerprint density at radius 1 is 1.37 bits per heavy atom. The van der Waals surface area contributed by atoms with Crippen LogP contribution < -0.4 is 5.32 Å². The zero-order chi connectivity index (χ0) is 14.7. The topological polar surface area (TPSA) is 63.2 Å². The molecule has 0 aliphatic heterocycles. The van der Waals surface area contributed by atoms with E-state index < -0.39 is 9.84 Å². The molecule has 0 spiro atoms. The minimum absolute atomic E-state index is 0.0137. The van der Waals surface area contributed by atoms with Gasteiger partial charge in [-0.05, 0) is 37.0 Å². The zero-order valence-corrected chi connectivity index (χ0v) is 13.3. The molecule has 1 aliphatic carbocycles. The Kier molecular flexibility index (Phi) is 5.42. The maximum atomic E-state index is 11.8. The first-order valence-electron chi connectivity index (χ1n) is 7.06. The van der Waals surface area contributed by atoms with Crippen molar-refractivity contribution in [3.8, 4) is 0 Å². The molecule has 112 valence electrons. The number of sulfone groups is 1. The summed E-state index contributed by atoms with van der Waals surface area (Å²) >= 11 is 0. The second kappa shape index (κ2) is 6.25. The lowest BCUT2D eigenvalue weighted by atomic mass is 9.70. The lowest BCUT2D eigenvalue weighted by molar-refractivity contribution is -0.122. The van der Waals surface area contributed by atoms with Crippen molar-refractivity contribution in [1.29, 1.82) is 0 Å². The average Bonchev–Trinajstić information content (AvgIpc) is 2.19. The third-order valence-corrected chi connectivity index (χ3v) is 4.99. The molecule has 0 aromatic heterocycles. The van der Waals surface area contributed by atoms with E-state index in [4.69, 9.17) is 0 Å². The zero-order valence-electron chi connectivity index (χ0n) is 12.5. The minimum atomic E-state index is -2.96. The van der Waals surface area contributed by atoms with Crippen LogP contribution in [0.15, 0.2) is 0 Å². The number of hydrogen-bond donors (Lipinski definition) is 1. The molecule has 1 rings (SSSR count). The number of nitrogens with one attached hydrogen (secondary N) is 1.